The van der Waals surface area contributed by atoms with Crippen LogP contribution in [-0.4, -0.2) is 19.9 Å². The van der Waals surface area contributed by atoms with Crippen molar-refractivity contribution in [3.8, 4) is 55.9 Å². The average molecular weight is 1190 g/mol. The monoisotopic (exact) mass is 1190 g/mol. The van der Waals surface area contributed by atoms with Gasteiger partial charge in [-0.15, -0.1) is 0 Å². The van der Waals surface area contributed by atoms with Gasteiger partial charge in [0.15, 0.2) is 0 Å². The fourth-order valence-electron chi connectivity index (χ4n) is 16.4. The molecule has 0 radical (unpaired) electrons. The van der Waals surface area contributed by atoms with Gasteiger partial charge in [-0.05, 0) is 200 Å². The molecule has 430 valence electrons. The number of nitrogens with zero attached hydrogens (tertiary/aromatic N) is 4. The Morgan fingerprint density at radius 3 is 1.15 bits per heavy atom. The summed E-state index contributed by atoms with van der Waals surface area (Å²) in [5, 5.41) is 31.4. The molecule has 0 atom stereocenters. The van der Waals surface area contributed by atoms with Crippen LogP contribution in [-0.2, 0) is 0 Å². The fourth-order valence-corrected chi connectivity index (χ4v) is 16.4. The summed E-state index contributed by atoms with van der Waals surface area (Å²) < 4.78 is 0. The molecule has 17 aromatic carbocycles. The van der Waals surface area contributed by atoms with Crippen molar-refractivity contribution < 1.29 is 0 Å². The van der Waals surface area contributed by atoms with Gasteiger partial charge in [0.05, 0.1) is 33.5 Å². The predicted molar refractivity (Wildman–Crippen MR) is 399 cm³/mol. The molecule has 4 nitrogen and oxygen atoms in total. The van der Waals surface area contributed by atoms with Crippen LogP contribution in [0.5, 0.6) is 0 Å². The van der Waals surface area contributed by atoms with E-state index in [-0.39, 0.29) is 0 Å². The van der Waals surface area contributed by atoms with E-state index in [9.17, 15) is 0 Å². The molecule has 0 saturated carbocycles. The standard InChI is InChI=1S/C90H50N4/c1-2-16-62-60(14-1)61-15-3-4-17-63(61)78-47-55(31-37-66(62)78)59-36-27-51-30-42-75-69(40-28-52-29-41-74(59)84(51)85(52)75)81-43-35-58-50-77(76-24-12-46-92-90(76)89(58)93-81)56-32-38-67-68-39-33-57(49-80(68)65-19-6-5-18-64(65)79(67)48-56)83-70-20-7-9-22-72(70)86(73-23-10-8-21-71(73)83)82-44-34-54-26-25-53-13-11-45-91-87(53)88(54)94-82/h1-50H. The molecule has 94 heavy (non-hydrogen) atoms. The Kier molecular flexibility index (Phi) is 10.6. The summed E-state index contributed by atoms with van der Waals surface area (Å²) in [7, 11) is 0. The third kappa shape index (κ3) is 7.33. The van der Waals surface area contributed by atoms with Crippen molar-refractivity contribution in [3.63, 3.8) is 0 Å². The molecule has 0 unspecified atom stereocenters. The highest BCUT2D eigenvalue weighted by Gasteiger charge is 2.23. The van der Waals surface area contributed by atoms with Gasteiger partial charge >= 0.3 is 0 Å². The molecular formula is C90H50N4. The van der Waals surface area contributed by atoms with Crippen molar-refractivity contribution in [2.75, 3.05) is 0 Å². The molecule has 0 bridgehead atoms. The summed E-state index contributed by atoms with van der Waals surface area (Å²) in [5.74, 6) is 0. The quantitative estimate of drug-likeness (QED) is 0.127. The molecule has 0 fully saturated rings. The minimum atomic E-state index is 0.888. The molecule has 0 aliphatic rings. The summed E-state index contributed by atoms with van der Waals surface area (Å²) in [6.07, 6.45) is 3.77. The number of pyridine rings is 4. The van der Waals surface area contributed by atoms with Gasteiger partial charge in [0, 0.05) is 45.1 Å². The summed E-state index contributed by atoms with van der Waals surface area (Å²) in [6, 6.07) is 108. The molecular weight excluding hydrogens is 1140 g/mol. The molecule has 0 amide bonds. The van der Waals surface area contributed by atoms with E-state index >= 15 is 0 Å². The first-order chi connectivity index (χ1) is 46.6. The van der Waals surface area contributed by atoms with Crippen molar-refractivity contribution >= 4 is 162 Å². The topological polar surface area (TPSA) is 51.6 Å². The Morgan fingerprint density at radius 2 is 0.553 bits per heavy atom. The van der Waals surface area contributed by atoms with E-state index in [1.54, 1.807) is 0 Å². The lowest BCUT2D eigenvalue weighted by atomic mass is 9.85. The van der Waals surface area contributed by atoms with Crippen LogP contribution in [0, 0.1) is 0 Å². The fraction of sp³-hybridized carbons (Fsp3) is 0. The Bertz CT molecular complexity index is 6810. The Morgan fingerprint density at radius 1 is 0.181 bits per heavy atom. The summed E-state index contributed by atoms with van der Waals surface area (Å²) in [6.45, 7) is 0. The number of aromatic nitrogens is 4. The van der Waals surface area contributed by atoms with Crippen LogP contribution in [0.25, 0.3) is 218 Å². The minimum Gasteiger partial charge on any atom is -0.254 e. The maximum absolute atomic E-state index is 5.59. The van der Waals surface area contributed by atoms with Gasteiger partial charge in [0.2, 0.25) is 0 Å². The zero-order valence-corrected chi connectivity index (χ0v) is 50.7. The van der Waals surface area contributed by atoms with E-state index in [2.05, 4.69) is 285 Å². The Hall–Kier alpha value is -12.5. The second-order valence-corrected chi connectivity index (χ2v) is 25.4. The summed E-state index contributed by atoms with van der Waals surface area (Å²) in [5.41, 5.74) is 14.8. The number of rotatable bonds is 5. The van der Waals surface area contributed by atoms with Crippen LogP contribution in [0.4, 0.5) is 0 Å². The van der Waals surface area contributed by atoms with E-state index in [1.165, 1.54) is 141 Å². The van der Waals surface area contributed by atoms with Gasteiger partial charge in [0.1, 0.15) is 0 Å². The van der Waals surface area contributed by atoms with Gasteiger partial charge < -0.3 is 0 Å². The molecule has 0 aliphatic heterocycles. The second kappa shape index (κ2) is 19.5. The smallest absolute Gasteiger partial charge is 0.0972 e. The average Bonchev–Trinajstić information content (AvgIpc) is 0.732. The molecule has 0 saturated heterocycles. The van der Waals surface area contributed by atoms with E-state index in [0.717, 1.165) is 77.3 Å². The first-order valence-electron chi connectivity index (χ1n) is 32.3. The second-order valence-electron chi connectivity index (χ2n) is 25.4. The van der Waals surface area contributed by atoms with Crippen LogP contribution in [0.15, 0.2) is 304 Å². The number of benzene rings is 17. The van der Waals surface area contributed by atoms with Gasteiger partial charge in [-0.25, -0.2) is 9.97 Å². The lowest BCUT2D eigenvalue weighted by molar-refractivity contribution is 1.37. The van der Waals surface area contributed by atoms with Crippen LogP contribution in [0.3, 0.4) is 0 Å². The number of hydrogen-bond donors (Lipinski definition) is 0. The molecule has 21 aromatic rings. The molecule has 4 aromatic heterocycles. The van der Waals surface area contributed by atoms with Crippen molar-refractivity contribution in [1.29, 1.82) is 0 Å². The van der Waals surface area contributed by atoms with Gasteiger partial charge in [-0.1, -0.05) is 243 Å². The normalized spacial score (nSPS) is 12.3. The first-order valence-corrected chi connectivity index (χ1v) is 32.3. The van der Waals surface area contributed by atoms with Crippen molar-refractivity contribution in [1.82, 2.24) is 19.9 Å². The Balaban J connectivity index is 0.679. The zero-order chi connectivity index (χ0) is 61.3. The SMILES string of the molecule is c1cnc2c(c1)ccc1ccc(-c3c4ccccc4c(-c4ccc5c6ccc(-c7cc8ccc(-c9ccc%10ccc%11c(-c%12ccc%13c%14ccccc%14c%14ccccc%14c%13c%12)ccc%12ccc9c%10c%12%11)nc8c8ncccc78)cc6c6ccccc6c5c4)c4ccccc34)nc12. The third-order valence-electron chi connectivity index (χ3n) is 20.6. The number of fused-ring (bicyclic) bond motifs is 20. The van der Waals surface area contributed by atoms with E-state index in [1.807, 2.05) is 18.5 Å². The van der Waals surface area contributed by atoms with Crippen LogP contribution >= 0.6 is 0 Å². The van der Waals surface area contributed by atoms with Crippen molar-refractivity contribution in [3.05, 3.63) is 304 Å². The lowest BCUT2D eigenvalue weighted by Gasteiger charge is -2.19. The predicted octanol–water partition coefficient (Wildman–Crippen LogP) is 24.3. The molecule has 4 heterocycles. The zero-order valence-electron chi connectivity index (χ0n) is 50.7. The van der Waals surface area contributed by atoms with Crippen molar-refractivity contribution in [2.45, 2.75) is 0 Å². The highest BCUT2D eigenvalue weighted by molar-refractivity contribution is 6.31. The van der Waals surface area contributed by atoms with Gasteiger partial charge in [-0.2, -0.15) is 0 Å². The molecule has 21 rings (SSSR count). The molecule has 0 spiro atoms. The largest absolute Gasteiger partial charge is 0.254 e. The van der Waals surface area contributed by atoms with Gasteiger partial charge in [0.25, 0.3) is 0 Å². The molecule has 0 aliphatic carbocycles. The highest BCUT2D eigenvalue weighted by atomic mass is 14.8. The van der Waals surface area contributed by atoms with E-state index < -0.39 is 0 Å². The van der Waals surface area contributed by atoms with Gasteiger partial charge in [-0.3, -0.25) is 9.97 Å². The van der Waals surface area contributed by atoms with E-state index in [0.29, 0.717) is 0 Å². The maximum atomic E-state index is 5.59. The first kappa shape index (κ1) is 51.3. The summed E-state index contributed by atoms with van der Waals surface area (Å²) >= 11 is 0. The van der Waals surface area contributed by atoms with Crippen LogP contribution < -0.4 is 0 Å². The maximum Gasteiger partial charge on any atom is 0.0972 e. The number of hydrogen-bond acceptors (Lipinski definition) is 4. The molecule has 0 N–H and O–H groups in total. The summed E-state index contributed by atoms with van der Waals surface area (Å²) in [4.78, 5) is 21.0. The third-order valence-corrected chi connectivity index (χ3v) is 20.6. The molecule has 4 heteroatoms. The van der Waals surface area contributed by atoms with Crippen LogP contribution in [0.1, 0.15) is 0 Å². The highest BCUT2D eigenvalue weighted by Crippen LogP contribution is 2.49. The van der Waals surface area contributed by atoms with Crippen molar-refractivity contribution in [2.24, 2.45) is 0 Å². The lowest BCUT2D eigenvalue weighted by Crippen LogP contribution is -1.94. The minimum absolute atomic E-state index is 0.888. The van der Waals surface area contributed by atoms with E-state index in [4.69, 9.17) is 19.9 Å². The Labute approximate surface area is 538 Å². The van der Waals surface area contributed by atoms with Crippen LogP contribution in [0.2, 0.25) is 0 Å².